The highest BCUT2D eigenvalue weighted by atomic mass is 79.9. The molecule has 1 aliphatic heterocycles. The van der Waals surface area contributed by atoms with E-state index in [0.717, 1.165) is 17.3 Å². The van der Waals surface area contributed by atoms with Gasteiger partial charge in [0.25, 0.3) is 5.91 Å². The lowest BCUT2D eigenvalue weighted by Gasteiger charge is -2.31. The number of amides is 1. The van der Waals surface area contributed by atoms with Crippen LogP contribution in [0.1, 0.15) is 23.2 Å². The van der Waals surface area contributed by atoms with E-state index in [1.165, 1.54) is 0 Å². The molecule has 1 fully saturated rings. The summed E-state index contributed by atoms with van der Waals surface area (Å²) in [6.07, 6.45) is 3.39. The average Bonchev–Trinajstić information content (AvgIpc) is 2.46. The Kier molecular flexibility index (Phi) is 4.76. The fraction of sp³-hybridized carbons (Fsp3) is 0.538. The minimum absolute atomic E-state index is 0.00506. The summed E-state index contributed by atoms with van der Waals surface area (Å²) in [5.41, 5.74) is 0.583. The van der Waals surface area contributed by atoms with Gasteiger partial charge in [-0.1, -0.05) is 0 Å². The number of pyridine rings is 1. The van der Waals surface area contributed by atoms with Crippen molar-refractivity contribution in [2.24, 2.45) is 5.92 Å². The molecule has 6 heteroatoms. The number of hydrogen-bond acceptors (Lipinski definition) is 4. The monoisotopic (exact) mass is 327 g/mol. The zero-order valence-electron chi connectivity index (χ0n) is 10.9. The molecule has 104 valence electrons. The van der Waals surface area contributed by atoms with Gasteiger partial charge >= 0.3 is 0 Å². The maximum Gasteiger partial charge on any atom is 0.257 e. The van der Waals surface area contributed by atoms with Crippen molar-refractivity contribution in [3.05, 3.63) is 22.3 Å². The fourth-order valence-corrected chi connectivity index (χ4v) is 2.62. The minimum Gasteiger partial charge on any atom is -0.396 e. The molecule has 0 bridgehead atoms. The normalized spacial score (nSPS) is 16.5. The summed E-state index contributed by atoms with van der Waals surface area (Å²) in [7, 11) is 1.75. The Balaban J connectivity index is 2.14. The number of hydrogen-bond donors (Lipinski definition) is 2. The van der Waals surface area contributed by atoms with Crippen molar-refractivity contribution in [3.63, 3.8) is 0 Å². The second-order valence-corrected chi connectivity index (χ2v) is 5.63. The highest BCUT2D eigenvalue weighted by Gasteiger charge is 2.25. The van der Waals surface area contributed by atoms with Crippen molar-refractivity contribution in [1.29, 1.82) is 0 Å². The van der Waals surface area contributed by atoms with Gasteiger partial charge in [0.15, 0.2) is 0 Å². The molecule has 1 amide bonds. The number of rotatable bonds is 3. The van der Waals surface area contributed by atoms with E-state index in [1.54, 1.807) is 19.3 Å². The number of aliphatic hydroxyl groups is 1. The predicted molar refractivity (Wildman–Crippen MR) is 77.2 cm³/mol. The molecule has 1 aliphatic rings. The summed E-state index contributed by atoms with van der Waals surface area (Å²) < 4.78 is 0.792. The summed E-state index contributed by atoms with van der Waals surface area (Å²) in [5.74, 6) is 0.917. The van der Waals surface area contributed by atoms with Crippen molar-refractivity contribution in [1.82, 2.24) is 9.88 Å². The second-order valence-electron chi connectivity index (χ2n) is 4.72. The number of halogens is 1. The van der Waals surface area contributed by atoms with Crippen LogP contribution in [0.3, 0.4) is 0 Å². The molecule has 2 heterocycles. The van der Waals surface area contributed by atoms with E-state index < -0.39 is 0 Å². The summed E-state index contributed by atoms with van der Waals surface area (Å²) in [4.78, 5) is 18.5. The molecule has 0 radical (unpaired) electrons. The predicted octanol–water partition coefficient (Wildman–Crippen LogP) is 1.73. The van der Waals surface area contributed by atoms with E-state index in [2.05, 4.69) is 26.2 Å². The third-order valence-corrected chi connectivity index (χ3v) is 3.92. The topological polar surface area (TPSA) is 65.5 Å². The Labute approximate surface area is 121 Å². The van der Waals surface area contributed by atoms with E-state index in [-0.39, 0.29) is 12.5 Å². The van der Waals surface area contributed by atoms with E-state index in [9.17, 15) is 4.79 Å². The number of aliphatic hydroxyl groups excluding tert-OH is 1. The lowest BCUT2D eigenvalue weighted by molar-refractivity contribution is 0.0651. The first-order valence-electron chi connectivity index (χ1n) is 6.39. The van der Waals surface area contributed by atoms with E-state index in [4.69, 9.17) is 5.11 Å². The van der Waals surface area contributed by atoms with Gasteiger partial charge in [-0.25, -0.2) is 4.98 Å². The molecule has 0 aromatic carbocycles. The van der Waals surface area contributed by atoms with Crippen LogP contribution in [-0.2, 0) is 0 Å². The van der Waals surface area contributed by atoms with Crippen LogP contribution in [-0.4, -0.2) is 47.6 Å². The zero-order valence-corrected chi connectivity index (χ0v) is 12.5. The fourth-order valence-electron chi connectivity index (χ4n) is 2.29. The van der Waals surface area contributed by atoms with Crippen molar-refractivity contribution < 1.29 is 9.90 Å². The van der Waals surface area contributed by atoms with Gasteiger partial charge in [-0.2, -0.15) is 0 Å². The van der Waals surface area contributed by atoms with Crippen LogP contribution in [0.5, 0.6) is 0 Å². The SMILES string of the molecule is CNc1ncc(Br)cc1C(=O)N1CCC(CO)CC1. The van der Waals surface area contributed by atoms with Gasteiger partial charge in [-0.3, -0.25) is 4.79 Å². The van der Waals surface area contributed by atoms with Gasteiger partial charge in [0.05, 0.1) is 5.56 Å². The number of carbonyl (C=O) groups excluding carboxylic acids is 1. The minimum atomic E-state index is -0.00506. The third kappa shape index (κ3) is 3.25. The number of carbonyl (C=O) groups is 1. The van der Waals surface area contributed by atoms with Crippen molar-refractivity contribution >= 4 is 27.7 Å². The number of likely N-dealkylation sites (tertiary alicyclic amines) is 1. The van der Waals surface area contributed by atoms with E-state index >= 15 is 0 Å². The van der Waals surface area contributed by atoms with Gasteiger partial charge in [-0.15, -0.1) is 0 Å². The summed E-state index contributed by atoms with van der Waals surface area (Å²) in [5, 5.41) is 12.1. The smallest absolute Gasteiger partial charge is 0.257 e. The molecule has 2 rings (SSSR count). The van der Waals surface area contributed by atoms with Crippen LogP contribution in [0, 0.1) is 5.92 Å². The first-order chi connectivity index (χ1) is 9.15. The first kappa shape index (κ1) is 14.3. The quantitative estimate of drug-likeness (QED) is 0.887. The number of aromatic nitrogens is 1. The van der Waals surface area contributed by atoms with Gasteiger partial charge in [0.1, 0.15) is 5.82 Å². The van der Waals surface area contributed by atoms with Crippen LogP contribution in [0.15, 0.2) is 16.7 Å². The standard InChI is InChI=1S/C13H18BrN3O2/c1-15-12-11(6-10(14)7-16-12)13(19)17-4-2-9(8-18)3-5-17/h6-7,9,18H,2-5,8H2,1H3,(H,15,16). The summed E-state index contributed by atoms with van der Waals surface area (Å²) in [6.45, 7) is 1.60. The largest absolute Gasteiger partial charge is 0.396 e. The van der Waals surface area contributed by atoms with Gasteiger partial charge < -0.3 is 15.3 Å². The molecule has 1 aromatic rings. The van der Waals surface area contributed by atoms with Crippen LogP contribution in [0.2, 0.25) is 0 Å². The molecule has 1 aromatic heterocycles. The van der Waals surface area contributed by atoms with Gasteiger partial charge in [0.2, 0.25) is 0 Å². The van der Waals surface area contributed by atoms with E-state index in [1.807, 2.05) is 4.90 Å². The maximum atomic E-state index is 12.5. The molecule has 0 unspecified atom stereocenters. The van der Waals surface area contributed by atoms with Gasteiger partial charge in [0, 0.05) is 37.4 Å². The van der Waals surface area contributed by atoms with Crippen LogP contribution in [0.4, 0.5) is 5.82 Å². The number of anilines is 1. The molecule has 0 aliphatic carbocycles. The molecular formula is C13H18BrN3O2. The lowest BCUT2D eigenvalue weighted by atomic mass is 9.97. The van der Waals surface area contributed by atoms with E-state index in [0.29, 0.717) is 30.4 Å². The number of nitrogens with one attached hydrogen (secondary N) is 1. The molecule has 0 atom stereocenters. The maximum absolute atomic E-state index is 12.5. The summed E-state index contributed by atoms with van der Waals surface area (Å²) in [6, 6.07) is 1.79. The van der Waals surface area contributed by atoms with Crippen molar-refractivity contribution in [2.75, 3.05) is 32.1 Å². The Bertz CT molecular complexity index is 459. The molecule has 5 nitrogen and oxygen atoms in total. The van der Waals surface area contributed by atoms with Crippen LogP contribution >= 0.6 is 15.9 Å². The van der Waals surface area contributed by atoms with Crippen molar-refractivity contribution in [3.8, 4) is 0 Å². The van der Waals surface area contributed by atoms with Gasteiger partial charge in [-0.05, 0) is 40.8 Å². The third-order valence-electron chi connectivity index (χ3n) is 3.48. The Morgan fingerprint density at radius 2 is 2.26 bits per heavy atom. The molecule has 1 saturated heterocycles. The number of nitrogens with zero attached hydrogens (tertiary/aromatic N) is 2. The Hall–Kier alpha value is -1.14. The Morgan fingerprint density at radius 1 is 1.58 bits per heavy atom. The zero-order chi connectivity index (χ0) is 13.8. The Morgan fingerprint density at radius 3 is 2.84 bits per heavy atom. The molecule has 2 N–H and O–H groups in total. The molecular weight excluding hydrogens is 310 g/mol. The lowest BCUT2D eigenvalue weighted by Crippen LogP contribution is -2.39. The van der Waals surface area contributed by atoms with Crippen LogP contribution in [0.25, 0.3) is 0 Å². The highest BCUT2D eigenvalue weighted by molar-refractivity contribution is 9.10. The second kappa shape index (κ2) is 6.34. The molecule has 19 heavy (non-hydrogen) atoms. The average molecular weight is 328 g/mol. The van der Waals surface area contributed by atoms with Crippen molar-refractivity contribution in [2.45, 2.75) is 12.8 Å². The number of piperidine rings is 1. The first-order valence-corrected chi connectivity index (χ1v) is 7.18. The molecule has 0 spiro atoms. The highest BCUT2D eigenvalue weighted by Crippen LogP contribution is 2.23. The molecule has 0 saturated carbocycles. The summed E-state index contributed by atoms with van der Waals surface area (Å²) >= 11 is 3.34. The van der Waals surface area contributed by atoms with Crippen LogP contribution < -0.4 is 5.32 Å².